The van der Waals surface area contributed by atoms with Crippen LogP contribution in [-0.2, 0) is 15.4 Å². The Hall–Kier alpha value is -2.58. The second-order valence-corrected chi connectivity index (χ2v) is 12.3. The van der Waals surface area contributed by atoms with Gasteiger partial charge in [-0.25, -0.2) is 8.42 Å². The van der Waals surface area contributed by atoms with Crippen molar-refractivity contribution in [1.29, 1.82) is 0 Å². The van der Waals surface area contributed by atoms with E-state index >= 15 is 0 Å². The summed E-state index contributed by atoms with van der Waals surface area (Å²) in [6.45, 7) is 4.94. The SMILES string of the molecule is C[C@@H]1c2cc3c(cc2C2(CCCC2)CN1C(=O)c1ccc(S(=O)(=O)N2CCCC2)cc1)OCCO3. The maximum Gasteiger partial charge on any atom is 0.254 e. The molecule has 1 saturated carbocycles. The van der Waals surface area contributed by atoms with Crippen LogP contribution in [0.15, 0.2) is 41.3 Å². The molecule has 2 fully saturated rings. The normalized spacial score (nSPS) is 23.5. The monoisotopic (exact) mass is 496 g/mol. The Morgan fingerprint density at radius 2 is 1.57 bits per heavy atom. The number of fused-ring (bicyclic) bond motifs is 3. The molecule has 3 heterocycles. The molecule has 0 unspecified atom stereocenters. The number of nitrogens with zero attached hydrogens (tertiary/aromatic N) is 2. The summed E-state index contributed by atoms with van der Waals surface area (Å²) in [5.74, 6) is 1.50. The number of hydrogen-bond acceptors (Lipinski definition) is 5. The summed E-state index contributed by atoms with van der Waals surface area (Å²) in [5, 5.41) is 0. The lowest BCUT2D eigenvalue weighted by atomic mass is 9.71. The van der Waals surface area contributed by atoms with Crippen LogP contribution in [0.2, 0.25) is 0 Å². The van der Waals surface area contributed by atoms with E-state index < -0.39 is 10.0 Å². The van der Waals surface area contributed by atoms with E-state index in [-0.39, 0.29) is 22.3 Å². The predicted molar refractivity (Wildman–Crippen MR) is 131 cm³/mol. The minimum absolute atomic E-state index is 0.0607. The molecule has 2 aromatic carbocycles. The number of rotatable bonds is 3. The van der Waals surface area contributed by atoms with Gasteiger partial charge in [-0.2, -0.15) is 4.31 Å². The van der Waals surface area contributed by atoms with Gasteiger partial charge in [-0.15, -0.1) is 0 Å². The van der Waals surface area contributed by atoms with Crippen LogP contribution in [-0.4, -0.2) is 56.4 Å². The van der Waals surface area contributed by atoms with Gasteiger partial charge in [0.05, 0.1) is 10.9 Å². The number of carbonyl (C=O) groups excluding carboxylic acids is 1. The summed E-state index contributed by atoms with van der Waals surface area (Å²) >= 11 is 0. The average Bonchev–Trinajstić information content (AvgIpc) is 3.59. The van der Waals surface area contributed by atoms with Crippen molar-refractivity contribution in [3.63, 3.8) is 0 Å². The highest BCUT2D eigenvalue weighted by Gasteiger charge is 2.46. The van der Waals surface area contributed by atoms with E-state index in [1.807, 2.05) is 4.90 Å². The van der Waals surface area contributed by atoms with E-state index in [4.69, 9.17) is 9.47 Å². The number of ether oxygens (including phenoxy) is 2. The van der Waals surface area contributed by atoms with Crippen LogP contribution in [0.3, 0.4) is 0 Å². The van der Waals surface area contributed by atoms with E-state index in [1.54, 1.807) is 24.3 Å². The summed E-state index contributed by atoms with van der Waals surface area (Å²) in [4.78, 5) is 16.0. The standard InChI is InChI=1S/C27H32N2O5S/c1-19-22-16-24-25(34-15-14-33-24)17-23(22)27(10-2-3-11-27)18-29(19)26(30)20-6-8-21(9-7-20)35(31,32)28-12-4-5-13-28/h6-9,16-17,19H,2-5,10-15,18H2,1H3/t19-/m1/s1. The van der Waals surface area contributed by atoms with Gasteiger partial charge in [-0.05, 0) is 80.1 Å². The van der Waals surface area contributed by atoms with Gasteiger partial charge >= 0.3 is 0 Å². The Kier molecular flexibility index (Phi) is 5.56. The zero-order chi connectivity index (χ0) is 24.2. The quantitative estimate of drug-likeness (QED) is 0.634. The van der Waals surface area contributed by atoms with Crippen LogP contribution in [0, 0.1) is 0 Å². The first-order valence-electron chi connectivity index (χ1n) is 12.7. The Balaban J connectivity index is 1.32. The van der Waals surface area contributed by atoms with Crippen LogP contribution in [0.25, 0.3) is 0 Å². The molecular weight excluding hydrogens is 464 g/mol. The third-order valence-electron chi connectivity index (χ3n) is 8.30. The van der Waals surface area contributed by atoms with Crippen molar-refractivity contribution in [3.05, 3.63) is 53.1 Å². The van der Waals surface area contributed by atoms with Crippen molar-refractivity contribution < 1.29 is 22.7 Å². The smallest absolute Gasteiger partial charge is 0.254 e. The van der Waals surface area contributed by atoms with Gasteiger partial charge in [0.25, 0.3) is 5.91 Å². The zero-order valence-electron chi connectivity index (χ0n) is 20.2. The summed E-state index contributed by atoms with van der Waals surface area (Å²) in [5.41, 5.74) is 2.87. The average molecular weight is 497 g/mol. The second-order valence-electron chi connectivity index (χ2n) is 10.3. The Bertz CT molecular complexity index is 1250. The third kappa shape index (κ3) is 3.73. The Morgan fingerprint density at radius 1 is 0.943 bits per heavy atom. The van der Waals surface area contributed by atoms with Crippen LogP contribution in [0.4, 0.5) is 0 Å². The molecule has 0 aromatic heterocycles. The first-order chi connectivity index (χ1) is 16.9. The molecular formula is C27H32N2O5S. The minimum Gasteiger partial charge on any atom is -0.486 e. The lowest BCUT2D eigenvalue weighted by molar-refractivity contribution is 0.0593. The lowest BCUT2D eigenvalue weighted by Gasteiger charge is -2.46. The van der Waals surface area contributed by atoms with Gasteiger partial charge < -0.3 is 14.4 Å². The number of amides is 1. The van der Waals surface area contributed by atoms with Gasteiger partial charge in [-0.1, -0.05) is 12.8 Å². The molecule has 35 heavy (non-hydrogen) atoms. The van der Waals surface area contributed by atoms with Crippen LogP contribution in [0.1, 0.15) is 73.0 Å². The van der Waals surface area contributed by atoms with Crippen molar-refractivity contribution >= 4 is 15.9 Å². The van der Waals surface area contributed by atoms with Crippen molar-refractivity contribution in [2.45, 2.75) is 61.8 Å². The first kappa shape index (κ1) is 22.9. The fourth-order valence-corrected chi connectivity index (χ4v) is 7.88. The Labute approximate surface area is 207 Å². The number of benzene rings is 2. The second kappa shape index (κ2) is 8.52. The molecule has 0 N–H and O–H groups in total. The lowest BCUT2D eigenvalue weighted by Crippen LogP contribution is -2.48. The van der Waals surface area contributed by atoms with Crippen molar-refractivity contribution in [3.8, 4) is 11.5 Å². The molecule has 186 valence electrons. The van der Waals surface area contributed by atoms with Gasteiger partial charge in [0.2, 0.25) is 10.0 Å². The molecule has 2 aromatic rings. The maximum absolute atomic E-state index is 13.8. The minimum atomic E-state index is -3.50. The van der Waals surface area contributed by atoms with Crippen molar-refractivity contribution in [2.24, 2.45) is 0 Å². The number of carbonyl (C=O) groups is 1. The number of hydrogen-bond donors (Lipinski definition) is 0. The largest absolute Gasteiger partial charge is 0.486 e. The maximum atomic E-state index is 13.8. The number of sulfonamides is 1. The van der Waals surface area contributed by atoms with Crippen LogP contribution < -0.4 is 9.47 Å². The van der Waals surface area contributed by atoms with Gasteiger partial charge in [0.1, 0.15) is 13.2 Å². The molecule has 1 saturated heterocycles. The topological polar surface area (TPSA) is 76.2 Å². The van der Waals surface area contributed by atoms with Crippen molar-refractivity contribution in [2.75, 3.05) is 32.8 Å². The van der Waals surface area contributed by atoms with E-state index in [0.717, 1.165) is 55.6 Å². The van der Waals surface area contributed by atoms with E-state index in [2.05, 4.69) is 19.1 Å². The molecule has 0 bridgehead atoms. The first-order valence-corrected chi connectivity index (χ1v) is 14.2. The van der Waals surface area contributed by atoms with E-state index in [1.165, 1.54) is 9.87 Å². The van der Waals surface area contributed by atoms with Crippen LogP contribution in [0.5, 0.6) is 11.5 Å². The van der Waals surface area contributed by atoms with E-state index in [9.17, 15) is 13.2 Å². The molecule has 1 amide bonds. The molecule has 6 rings (SSSR count). The highest BCUT2D eigenvalue weighted by molar-refractivity contribution is 7.89. The summed E-state index contributed by atoms with van der Waals surface area (Å²) < 4.78 is 39.1. The highest BCUT2D eigenvalue weighted by Crippen LogP contribution is 2.52. The fourth-order valence-electron chi connectivity index (χ4n) is 6.37. The predicted octanol–water partition coefficient (Wildman–Crippen LogP) is 4.27. The molecule has 1 spiro atoms. The summed E-state index contributed by atoms with van der Waals surface area (Å²) in [7, 11) is -3.50. The summed E-state index contributed by atoms with van der Waals surface area (Å²) in [6, 6.07) is 10.6. The third-order valence-corrected chi connectivity index (χ3v) is 10.2. The molecule has 1 atom stereocenters. The molecule has 8 heteroatoms. The molecule has 7 nitrogen and oxygen atoms in total. The van der Waals surface area contributed by atoms with Crippen molar-refractivity contribution in [1.82, 2.24) is 9.21 Å². The fraction of sp³-hybridized carbons (Fsp3) is 0.519. The molecule has 0 radical (unpaired) electrons. The molecule has 4 aliphatic rings. The zero-order valence-corrected chi connectivity index (χ0v) is 21.0. The van der Waals surface area contributed by atoms with E-state index in [0.29, 0.717) is 38.4 Å². The molecule has 3 aliphatic heterocycles. The van der Waals surface area contributed by atoms with Crippen LogP contribution >= 0.6 is 0 Å². The molecule has 1 aliphatic carbocycles. The Morgan fingerprint density at radius 3 is 2.23 bits per heavy atom. The summed E-state index contributed by atoms with van der Waals surface area (Å²) in [6.07, 6.45) is 6.17. The van der Waals surface area contributed by atoms with Gasteiger partial charge in [0.15, 0.2) is 11.5 Å². The highest BCUT2D eigenvalue weighted by atomic mass is 32.2. The van der Waals surface area contributed by atoms with Gasteiger partial charge in [0, 0.05) is 30.6 Å². The van der Waals surface area contributed by atoms with Gasteiger partial charge in [-0.3, -0.25) is 4.79 Å².